The fourth-order valence-electron chi connectivity index (χ4n) is 2.91. The van der Waals surface area contributed by atoms with Crippen LogP contribution in [0.3, 0.4) is 0 Å². The van der Waals surface area contributed by atoms with E-state index in [1.54, 1.807) is 24.3 Å². The van der Waals surface area contributed by atoms with E-state index in [9.17, 15) is 13.2 Å². The number of carbonyl (C=O) groups is 1. The summed E-state index contributed by atoms with van der Waals surface area (Å²) in [5, 5.41) is 3.81. The number of hydrogen-bond donors (Lipinski definition) is 1. The molecule has 184 valence electrons. The average molecular weight is 537 g/mol. The standard InChI is InChI=1S/C24H22Cl2N2O6S/c1-4-33-21-10-7-17(13-22(21)32-3)24(29)28-27-14-16-11-19(25)23(20(26)12-16)34-35(30,31)18-8-5-15(2)6-9-18/h5-14H,4H2,1-3H3,(H,28,29)/b27-14+. The van der Waals surface area contributed by atoms with Gasteiger partial charge in [-0.3, -0.25) is 4.79 Å². The zero-order chi connectivity index (χ0) is 25.6. The summed E-state index contributed by atoms with van der Waals surface area (Å²) in [6, 6.07) is 13.7. The molecule has 0 fully saturated rings. The van der Waals surface area contributed by atoms with Crippen LogP contribution in [0.2, 0.25) is 10.0 Å². The third kappa shape index (κ3) is 6.66. The Balaban J connectivity index is 1.72. The predicted octanol–water partition coefficient (Wildman–Crippen LogP) is 5.24. The van der Waals surface area contributed by atoms with Gasteiger partial charge in [-0.05, 0) is 61.9 Å². The van der Waals surface area contributed by atoms with Crippen LogP contribution in [-0.4, -0.2) is 34.3 Å². The van der Waals surface area contributed by atoms with Gasteiger partial charge in [0.1, 0.15) is 4.90 Å². The maximum Gasteiger partial charge on any atom is 0.339 e. The molecular weight excluding hydrogens is 515 g/mol. The molecule has 0 aliphatic heterocycles. The number of hydrazone groups is 1. The Bertz CT molecular complexity index is 1340. The van der Waals surface area contributed by atoms with E-state index in [1.165, 1.54) is 43.7 Å². The lowest BCUT2D eigenvalue weighted by molar-refractivity contribution is 0.0954. The van der Waals surface area contributed by atoms with Gasteiger partial charge in [0.15, 0.2) is 17.2 Å². The number of methoxy groups -OCH3 is 1. The van der Waals surface area contributed by atoms with Crippen molar-refractivity contribution < 1.29 is 26.9 Å². The van der Waals surface area contributed by atoms with Gasteiger partial charge in [-0.2, -0.15) is 13.5 Å². The molecule has 0 spiro atoms. The smallest absolute Gasteiger partial charge is 0.339 e. The summed E-state index contributed by atoms with van der Waals surface area (Å²) in [5.74, 6) is 0.241. The van der Waals surface area contributed by atoms with Crippen molar-refractivity contribution in [3.05, 3.63) is 81.3 Å². The highest BCUT2D eigenvalue weighted by molar-refractivity contribution is 7.87. The van der Waals surface area contributed by atoms with Crippen molar-refractivity contribution in [2.75, 3.05) is 13.7 Å². The van der Waals surface area contributed by atoms with Crippen LogP contribution < -0.4 is 19.1 Å². The van der Waals surface area contributed by atoms with Gasteiger partial charge in [0, 0.05) is 5.56 Å². The van der Waals surface area contributed by atoms with Crippen LogP contribution in [0.1, 0.15) is 28.4 Å². The minimum absolute atomic E-state index is 0.0329. The van der Waals surface area contributed by atoms with E-state index >= 15 is 0 Å². The number of benzene rings is 3. The molecule has 0 radical (unpaired) electrons. The van der Waals surface area contributed by atoms with Crippen molar-refractivity contribution in [2.24, 2.45) is 5.10 Å². The van der Waals surface area contributed by atoms with E-state index in [1.807, 2.05) is 13.8 Å². The molecule has 3 rings (SSSR count). The largest absolute Gasteiger partial charge is 0.493 e. The molecule has 1 amide bonds. The fraction of sp³-hybridized carbons (Fsp3) is 0.167. The molecule has 0 heterocycles. The second kappa shape index (κ2) is 11.4. The van der Waals surface area contributed by atoms with Gasteiger partial charge in [0.05, 0.1) is 30.0 Å². The van der Waals surface area contributed by atoms with Crippen LogP contribution in [0.5, 0.6) is 17.2 Å². The molecule has 0 aromatic heterocycles. The molecule has 0 atom stereocenters. The quantitative estimate of drug-likeness (QED) is 0.228. The first-order valence-electron chi connectivity index (χ1n) is 10.3. The minimum Gasteiger partial charge on any atom is -0.493 e. The zero-order valence-corrected chi connectivity index (χ0v) is 21.4. The molecule has 1 N–H and O–H groups in total. The number of aryl methyl sites for hydroxylation is 1. The van der Waals surface area contributed by atoms with Crippen LogP contribution in [0.15, 0.2) is 64.6 Å². The maximum atomic E-state index is 12.6. The number of hydrogen-bond acceptors (Lipinski definition) is 7. The summed E-state index contributed by atoms with van der Waals surface area (Å²) >= 11 is 12.4. The Kier molecular flexibility index (Phi) is 8.61. The average Bonchev–Trinajstić information content (AvgIpc) is 2.82. The normalized spacial score (nSPS) is 11.3. The van der Waals surface area contributed by atoms with Crippen molar-refractivity contribution in [2.45, 2.75) is 18.7 Å². The van der Waals surface area contributed by atoms with Crippen LogP contribution in [0.25, 0.3) is 0 Å². The Morgan fingerprint density at radius 2 is 1.69 bits per heavy atom. The van der Waals surface area contributed by atoms with E-state index < -0.39 is 16.0 Å². The molecular formula is C24H22Cl2N2O6S. The summed E-state index contributed by atoms with van der Waals surface area (Å²) in [4.78, 5) is 12.4. The highest BCUT2D eigenvalue weighted by Gasteiger charge is 2.21. The number of halogens is 2. The van der Waals surface area contributed by atoms with Gasteiger partial charge in [0.25, 0.3) is 5.91 Å². The highest BCUT2D eigenvalue weighted by atomic mass is 35.5. The summed E-state index contributed by atoms with van der Waals surface area (Å²) in [6.45, 7) is 4.14. The van der Waals surface area contributed by atoms with E-state index in [0.29, 0.717) is 29.2 Å². The first kappa shape index (κ1) is 26.3. The molecule has 8 nitrogen and oxygen atoms in total. The van der Waals surface area contributed by atoms with Crippen LogP contribution in [-0.2, 0) is 10.1 Å². The zero-order valence-electron chi connectivity index (χ0n) is 19.0. The van der Waals surface area contributed by atoms with Crippen LogP contribution >= 0.6 is 23.2 Å². The summed E-state index contributed by atoms with van der Waals surface area (Å²) in [5.41, 5.74) is 4.01. The first-order chi connectivity index (χ1) is 16.6. The lowest BCUT2D eigenvalue weighted by atomic mass is 10.2. The molecule has 0 saturated heterocycles. The Morgan fingerprint density at radius 3 is 2.29 bits per heavy atom. The third-order valence-electron chi connectivity index (χ3n) is 4.63. The molecule has 35 heavy (non-hydrogen) atoms. The molecule has 0 unspecified atom stereocenters. The second-order valence-electron chi connectivity index (χ2n) is 7.16. The minimum atomic E-state index is -4.14. The van der Waals surface area contributed by atoms with Crippen molar-refractivity contribution in [1.82, 2.24) is 5.43 Å². The number of rotatable bonds is 9. The fourth-order valence-corrected chi connectivity index (χ4v) is 4.55. The molecule has 11 heteroatoms. The molecule has 0 saturated carbocycles. The van der Waals surface area contributed by atoms with Crippen LogP contribution in [0, 0.1) is 6.92 Å². The lowest BCUT2D eigenvalue weighted by Crippen LogP contribution is -2.17. The highest BCUT2D eigenvalue weighted by Crippen LogP contribution is 2.36. The maximum absolute atomic E-state index is 12.6. The Hall–Kier alpha value is -3.27. The topological polar surface area (TPSA) is 103 Å². The van der Waals surface area contributed by atoms with Gasteiger partial charge in [-0.1, -0.05) is 40.9 Å². The van der Waals surface area contributed by atoms with Crippen molar-refractivity contribution >= 4 is 45.4 Å². The summed E-state index contributed by atoms with van der Waals surface area (Å²) in [7, 11) is -2.66. The van der Waals surface area contributed by atoms with Gasteiger partial charge < -0.3 is 13.7 Å². The second-order valence-corrected chi connectivity index (χ2v) is 9.52. The SMILES string of the molecule is CCOc1ccc(C(=O)N/N=C/c2cc(Cl)c(OS(=O)(=O)c3ccc(C)cc3)c(Cl)c2)cc1OC. The first-order valence-corrected chi connectivity index (χ1v) is 12.5. The number of nitrogens with zero attached hydrogens (tertiary/aromatic N) is 1. The molecule has 3 aromatic rings. The molecule has 0 bridgehead atoms. The van der Waals surface area contributed by atoms with E-state index in [4.69, 9.17) is 36.9 Å². The molecule has 0 aliphatic rings. The summed E-state index contributed by atoms with van der Waals surface area (Å²) < 4.78 is 41.0. The number of nitrogens with one attached hydrogen (secondary N) is 1. The molecule has 0 aliphatic carbocycles. The number of amides is 1. The van der Waals surface area contributed by atoms with E-state index in [2.05, 4.69) is 10.5 Å². The van der Waals surface area contributed by atoms with Crippen molar-refractivity contribution in [3.8, 4) is 17.2 Å². The number of ether oxygens (including phenoxy) is 2. The number of carbonyl (C=O) groups excluding carboxylic acids is 1. The van der Waals surface area contributed by atoms with Gasteiger partial charge in [0.2, 0.25) is 0 Å². The van der Waals surface area contributed by atoms with Crippen molar-refractivity contribution in [1.29, 1.82) is 0 Å². The van der Waals surface area contributed by atoms with Gasteiger partial charge >= 0.3 is 10.1 Å². The summed E-state index contributed by atoms with van der Waals surface area (Å²) in [6.07, 6.45) is 1.31. The van der Waals surface area contributed by atoms with E-state index in [0.717, 1.165) is 5.56 Å². The van der Waals surface area contributed by atoms with E-state index in [-0.39, 0.29) is 20.7 Å². The molecule has 3 aromatic carbocycles. The Labute approximate surface area is 213 Å². The lowest BCUT2D eigenvalue weighted by Gasteiger charge is -2.11. The third-order valence-corrected chi connectivity index (χ3v) is 6.43. The monoisotopic (exact) mass is 536 g/mol. The van der Waals surface area contributed by atoms with Crippen molar-refractivity contribution in [3.63, 3.8) is 0 Å². The van der Waals surface area contributed by atoms with Gasteiger partial charge in [-0.25, -0.2) is 5.43 Å². The van der Waals surface area contributed by atoms with Crippen LogP contribution in [0.4, 0.5) is 0 Å². The predicted molar refractivity (Wildman–Crippen MR) is 135 cm³/mol. The van der Waals surface area contributed by atoms with Gasteiger partial charge in [-0.15, -0.1) is 0 Å². The Morgan fingerprint density at radius 1 is 1.03 bits per heavy atom.